The predicted molar refractivity (Wildman–Crippen MR) is 79.3 cm³/mol. The lowest BCUT2D eigenvalue weighted by atomic mass is 10.1. The van der Waals surface area contributed by atoms with Crippen LogP contribution in [0.4, 0.5) is 0 Å². The van der Waals surface area contributed by atoms with Crippen molar-refractivity contribution in [3.05, 3.63) is 58.2 Å². The molecular weight excluding hydrogens is 326 g/mol. The van der Waals surface area contributed by atoms with Gasteiger partial charge in [0.25, 0.3) is 0 Å². The molecule has 0 atom stereocenters. The lowest BCUT2D eigenvalue weighted by molar-refractivity contribution is 0.0600. The first kappa shape index (κ1) is 14.1. The highest BCUT2D eigenvalue weighted by Gasteiger charge is 2.05. The van der Waals surface area contributed by atoms with E-state index in [-0.39, 0.29) is 5.97 Å². The molecular formula is C14H12BrNO2S. The predicted octanol–water partition coefficient (Wildman–Crippen LogP) is 3.92. The number of aromatic nitrogens is 1. The SMILES string of the molecule is COC(=O)c1ccc(CSc2ncccc2Br)cc1. The standard InChI is InChI=1S/C14H12BrNO2S/c1-18-14(17)11-6-4-10(5-7-11)9-19-13-12(15)3-2-8-16-13/h2-8H,9H2,1H3. The molecule has 0 aliphatic heterocycles. The Labute approximate surface area is 124 Å². The van der Waals surface area contributed by atoms with Gasteiger partial charge in [-0.1, -0.05) is 12.1 Å². The van der Waals surface area contributed by atoms with Crippen molar-refractivity contribution >= 4 is 33.7 Å². The van der Waals surface area contributed by atoms with E-state index >= 15 is 0 Å². The van der Waals surface area contributed by atoms with Crippen molar-refractivity contribution in [3.63, 3.8) is 0 Å². The first-order valence-electron chi connectivity index (χ1n) is 5.61. The van der Waals surface area contributed by atoms with E-state index in [0.717, 1.165) is 20.8 Å². The number of thioether (sulfide) groups is 1. The van der Waals surface area contributed by atoms with Gasteiger partial charge in [0, 0.05) is 16.4 Å². The summed E-state index contributed by atoms with van der Waals surface area (Å²) in [6.45, 7) is 0. The summed E-state index contributed by atoms with van der Waals surface area (Å²) in [6.07, 6.45) is 1.77. The number of hydrogen-bond acceptors (Lipinski definition) is 4. The minimum Gasteiger partial charge on any atom is -0.465 e. The van der Waals surface area contributed by atoms with E-state index < -0.39 is 0 Å². The Hall–Kier alpha value is -1.33. The Balaban J connectivity index is 2.01. The van der Waals surface area contributed by atoms with E-state index in [2.05, 4.69) is 25.7 Å². The van der Waals surface area contributed by atoms with E-state index in [1.54, 1.807) is 30.1 Å². The van der Waals surface area contributed by atoms with Crippen molar-refractivity contribution in [3.8, 4) is 0 Å². The molecule has 0 saturated heterocycles. The fourth-order valence-electron chi connectivity index (χ4n) is 1.48. The average molecular weight is 338 g/mol. The van der Waals surface area contributed by atoms with Crippen LogP contribution in [0.25, 0.3) is 0 Å². The molecule has 5 heteroatoms. The maximum atomic E-state index is 11.3. The van der Waals surface area contributed by atoms with Gasteiger partial charge in [0.15, 0.2) is 0 Å². The quantitative estimate of drug-likeness (QED) is 0.626. The van der Waals surface area contributed by atoms with E-state index in [9.17, 15) is 4.79 Å². The van der Waals surface area contributed by atoms with E-state index in [1.165, 1.54) is 7.11 Å². The molecule has 3 nitrogen and oxygen atoms in total. The molecule has 0 amide bonds. The lowest BCUT2D eigenvalue weighted by Crippen LogP contribution is -2.00. The second kappa shape index (κ2) is 6.73. The highest BCUT2D eigenvalue weighted by molar-refractivity contribution is 9.10. The summed E-state index contributed by atoms with van der Waals surface area (Å²) in [5.41, 5.74) is 1.70. The molecule has 0 fully saturated rings. The Kier molecular flexibility index (Phi) is 4.99. The number of pyridine rings is 1. The van der Waals surface area contributed by atoms with Gasteiger partial charge in [-0.25, -0.2) is 9.78 Å². The number of benzene rings is 1. The molecule has 0 unspecified atom stereocenters. The molecule has 2 aromatic rings. The maximum Gasteiger partial charge on any atom is 0.337 e. The Morgan fingerprint density at radius 1 is 1.32 bits per heavy atom. The van der Waals surface area contributed by atoms with Gasteiger partial charge in [0.2, 0.25) is 0 Å². The van der Waals surface area contributed by atoms with Gasteiger partial charge in [-0.05, 0) is 45.8 Å². The molecule has 0 radical (unpaired) electrons. The van der Waals surface area contributed by atoms with Gasteiger partial charge >= 0.3 is 5.97 Å². The zero-order chi connectivity index (χ0) is 13.7. The number of carbonyl (C=O) groups excluding carboxylic acids is 1. The van der Waals surface area contributed by atoms with Crippen LogP contribution in [0, 0.1) is 0 Å². The van der Waals surface area contributed by atoms with Gasteiger partial charge in [-0.2, -0.15) is 0 Å². The third-order valence-corrected chi connectivity index (χ3v) is 4.45. The van der Waals surface area contributed by atoms with Crippen LogP contribution in [-0.4, -0.2) is 18.1 Å². The summed E-state index contributed by atoms with van der Waals surface area (Å²) in [5.74, 6) is 0.489. The van der Waals surface area contributed by atoms with Crippen molar-refractivity contribution in [1.82, 2.24) is 4.98 Å². The molecule has 0 bridgehead atoms. The molecule has 0 aliphatic carbocycles. The van der Waals surface area contributed by atoms with Crippen molar-refractivity contribution < 1.29 is 9.53 Å². The van der Waals surface area contributed by atoms with Gasteiger partial charge in [0.05, 0.1) is 12.7 Å². The second-order valence-electron chi connectivity index (χ2n) is 3.77. The number of nitrogens with zero attached hydrogens (tertiary/aromatic N) is 1. The highest BCUT2D eigenvalue weighted by atomic mass is 79.9. The third kappa shape index (κ3) is 3.81. The number of halogens is 1. The summed E-state index contributed by atoms with van der Waals surface area (Å²) < 4.78 is 5.65. The summed E-state index contributed by atoms with van der Waals surface area (Å²) in [7, 11) is 1.38. The van der Waals surface area contributed by atoms with Gasteiger partial charge in [-0.15, -0.1) is 11.8 Å². The van der Waals surface area contributed by atoms with Crippen LogP contribution in [0.3, 0.4) is 0 Å². The molecule has 0 aliphatic rings. The van der Waals surface area contributed by atoms with Crippen molar-refractivity contribution in [2.45, 2.75) is 10.8 Å². The van der Waals surface area contributed by atoms with E-state index in [1.807, 2.05) is 24.3 Å². The van der Waals surface area contributed by atoms with E-state index in [4.69, 9.17) is 0 Å². The van der Waals surface area contributed by atoms with Gasteiger partial charge in [-0.3, -0.25) is 0 Å². The average Bonchev–Trinajstić information content (AvgIpc) is 2.46. The van der Waals surface area contributed by atoms with Gasteiger partial charge in [0.1, 0.15) is 5.03 Å². The topological polar surface area (TPSA) is 39.2 Å². The molecule has 2 rings (SSSR count). The fourth-order valence-corrected chi connectivity index (χ4v) is 2.92. The van der Waals surface area contributed by atoms with Crippen LogP contribution in [0.1, 0.15) is 15.9 Å². The number of hydrogen-bond donors (Lipinski definition) is 0. The van der Waals surface area contributed by atoms with Crippen LogP contribution in [0.5, 0.6) is 0 Å². The lowest BCUT2D eigenvalue weighted by Gasteiger charge is -2.04. The molecule has 0 spiro atoms. The minimum absolute atomic E-state index is 0.313. The number of ether oxygens (including phenoxy) is 1. The number of esters is 1. The van der Waals surface area contributed by atoms with Crippen LogP contribution in [0.15, 0.2) is 52.1 Å². The van der Waals surface area contributed by atoms with Crippen LogP contribution in [-0.2, 0) is 10.5 Å². The molecule has 0 N–H and O–H groups in total. The van der Waals surface area contributed by atoms with Crippen LogP contribution < -0.4 is 0 Å². The van der Waals surface area contributed by atoms with Crippen LogP contribution >= 0.6 is 27.7 Å². The Bertz CT molecular complexity index is 572. The second-order valence-corrected chi connectivity index (χ2v) is 5.59. The molecule has 1 aromatic carbocycles. The number of carbonyl (C=O) groups is 1. The molecule has 1 aromatic heterocycles. The zero-order valence-corrected chi connectivity index (χ0v) is 12.7. The summed E-state index contributed by atoms with van der Waals surface area (Å²) in [6, 6.07) is 11.3. The minimum atomic E-state index is -0.313. The Morgan fingerprint density at radius 2 is 2.05 bits per heavy atom. The monoisotopic (exact) mass is 337 g/mol. The highest BCUT2D eigenvalue weighted by Crippen LogP contribution is 2.27. The normalized spacial score (nSPS) is 10.2. The third-order valence-electron chi connectivity index (χ3n) is 2.48. The van der Waals surface area contributed by atoms with Gasteiger partial charge < -0.3 is 4.74 Å². The summed E-state index contributed by atoms with van der Waals surface area (Å²) >= 11 is 5.11. The molecule has 0 saturated carbocycles. The fraction of sp³-hybridized carbons (Fsp3) is 0.143. The maximum absolute atomic E-state index is 11.3. The van der Waals surface area contributed by atoms with E-state index in [0.29, 0.717) is 5.56 Å². The summed E-state index contributed by atoms with van der Waals surface area (Å²) in [5, 5.41) is 0.958. The number of rotatable bonds is 4. The van der Waals surface area contributed by atoms with Crippen LogP contribution in [0.2, 0.25) is 0 Å². The smallest absolute Gasteiger partial charge is 0.337 e. The first-order chi connectivity index (χ1) is 9.20. The first-order valence-corrected chi connectivity index (χ1v) is 7.39. The van der Waals surface area contributed by atoms with Crippen molar-refractivity contribution in [2.24, 2.45) is 0 Å². The summed E-state index contributed by atoms with van der Waals surface area (Å²) in [4.78, 5) is 15.6. The largest absolute Gasteiger partial charge is 0.465 e. The Morgan fingerprint density at radius 3 is 2.68 bits per heavy atom. The molecule has 1 heterocycles. The van der Waals surface area contributed by atoms with Crippen molar-refractivity contribution in [1.29, 1.82) is 0 Å². The van der Waals surface area contributed by atoms with Crippen molar-refractivity contribution in [2.75, 3.05) is 7.11 Å². The molecule has 98 valence electrons. The number of methoxy groups -OCH3 is 1. The zero-order valence-electron chi connectivity index (χ0n) is 10.3. The molecule has 19 heavy (non-hydrogen) atoms.